The molecule has 4 aromatic rings. The number of benzene rings is 2. The minimum atomic E-state index is 0.760. The molecule has 0 aliphatic carbocycles. The van der Waals surface area contributed by atoms with Gasteiger partial charge in [-0.25, -0.2) is 4.57 Å². The summed E-state index contributed by atoms with van der Waals surface area (Å²) in [6.45, 7) is 2.17. The SMILES string of the molecule is Cc1c(-c2ccccc2)c2cc(Cl)ccc2n1-c1cc[n+](C)cc1. The molecule has 0 saturated carbocycles. The van der Waals surface area contributed by atoms with E-state index < -0.39 is 0 Å². The number of hydrogen-bond donors (Lipinski definition) is 0. The zero-order valence-electron chi connectivity index (χ0n) is 13.7. The van der Waals surface area contributed by atoms with E-state index in [1.54, 1.807) is 0 Å². The van der Waals surface area contributed by atoms with E-state index in [9.17, 15) is 0 Å². The van der Waals surface area contributed by atoms with E-state index in [1.807, 2.05) is 23.7 Å². The summed E-state index contributed by atoms with van der Waals surface area (Å²) in [5, 5.41) is 1.94. The highest BCUT2D eigenvalue weighted by atomic mass is 35.5. The average molecular weight is 334 g/mol. The number of aryl methyl sites for hydroxylation is 1. The Hall–Kier alpha value is -2.58. The number of rotatable bonds is 2. The topological polar surface area (TPSA) is 8.81 Å². The van der Waals surface area contributed by atoms with Crippen molar-refractivity contribution in [3.63, 3.8) is 0 Å². The third-order valence-corrected chi connectivity index (χ3v) is 4.68. The Kier molecular flexibility index (Phi) is 3.62. The second kappa shape index (κ2) is 5.81. The number of hydrogen-bond acceptors (Lipinski definition) is 0. The van der Waals surface area contributed by atoms with Gasteiger partial charge in [-0.2, -0.15) is 0 Å². The summed E-state index contributed by atoms with van der Waals surface area (Å²) < 4.78 is 4.34. The van der Waals surface area contributed by atoms with Crippen LogP contribution in [0.2, 0.25) is 5.02 Å². The third kappa shape index (κ3) is 2.40. The van der Waals surface area contributed by atoms with E-state index in [1.165, 1.54) is 27.7 Å². The van der Waals surface area contributed by atoms with Gasteiger partial charge in [0.05, 0.1) is 11.2 Å². The molecule has 2 nitrogen and oxygen atoms in total. The predicted molar refractivity (Wildman–Crippen MR) is 99.6 cm³/mol. The van der Waals surface area contributed by atoms with Gasteiger partial charge in [0.25, 0.3) is 0 Å². The zero-order chi connectivity index (χ0) is 16.7. The molecule has 0 unspecified atom stereocenters. The van der Waals surface area contributed by atoms with Crippen LogP contribution in [0, 0.1) is 6.92 Å². The lowest BCUT2D eigenvalue weighted by molar-refractivity contribution is -0.671. The first-order chi connectivity index (χ1) is 11.6. The van der Waals surface area contributed by atoms with E-state index in [4.69, 9.17) is 11.6 Å². The minimum absolute atomic E-state index is 0.760. The van der Waals surface area contributed by atoms with Crippen molar-refractivity contribution in [3.8, 4) is 16.8 Å². The summed E-state index contributed by atoms with van der Waals surface area (Å²) >= 11 is 6.29. The molecule has 3 heteroatoms. The van der Waals surface area contributed by atoms with Crippen LogP contribution in [0.5, 0.6) is 0 Å². The highest BCUT2D eigenvalue weighted by Gasteiger charge is 2.17. The van der Waals surface area contributed by atoms with E-state index in [0.29, 0.717) is 0 Å². The molecule has 0 N–H and O–H groups in total. The maximum atomic E-state index is 6.29. The van der Waals surface area contributed by atoms with Gasteiger partial charge in [-0.15, -0.1) is 0 Å². The molecule has 0 radical (unpaired) electrons. The molecule has 0 bridgehead atoms. The molecular formula is C21H18ClN2+. The average Bonchev–Trinajstić information content (AvgIpc) is 2.88. The maximum Gasteiger partial charge on any atom is 0.170 e. The lowest BCUT2D eigenvalue weighted by Gasteiger charge is -2.08. The molecule has 24 heavy (non-hydrogen) atoms. The predicted octanol–water partition coefficient (Wildman–Crippen LogP) is 5.08. The quantitative estimate of drug-likeness (QED) is 0.452. The molecule has 0 aliphatic heterocycles. The molecule has 2 aromatic carbocycles. The second-order valence-corrected chi connectivity index (χ2v) is 6.48. The number of aromatic nitrogens is 2. The van der Waals surface area contributed by atoms with Crippen molar-refractivity contribution in [2.75, 3.05) is 0 Å². The van der Waals surface area contributed by atoms with E-state index >= 15 is 0 Å². The van der Waals surface area contributed by atoms with Crippen LogP contribution in [0.4, 0.5) is 0 Å². The molecule has 0 saturated heterocycles. The zero-order valence-corrected chi connectivity index (χ0v) is 14.5. The van der Waals surface area contributed by atoms with Crippen molar-refractivity contribution in [2.45, 2.75) is 6.92 Å². The second-order valence-electron chi connectivity index (χ2n) is 6.05. The lowest BCUT2D eigenvalue weighted by atomic mass is 10.0. The summed E-state index contributed by atoms with van der Waals surface area (Å²) in [4.78, 5) is 0. The standard InChI is InChI=1S/C21H18ClN2/c1-15-21(16-6-4-3-5-7-16)19-14-17(22)8-9-20(19)24(15)18-10-12-23(2)13-11-18/h3-14H,1-2H3/q+1. The summed E-state index contributed by atoms with van der Waals surface area (Å²) in [6, 6.07) is 20.9. The van der Waals surface area contributed by atoms with E-state index in [0.717, 1.165) is 10.7 Å². The Morgan fingerprint density at radius 1 is 0.917 bits per heavy atom. The van der Waals surface area contributed by atoms with Crippen molar-refractivity contribution in [1.29, 1.82) is 0 Å². The van der Waals surface area contributed by atoms with Crippen LogP contribution < -0.4 is 4.57 Å². The van der Waals surface area contributed by atoms with Crippen molar-refractivity contribution < 1.29 is 4.57 Å². The Morgan fingerprint density at radius 2 is 1.62 bits per heavy atom. The van der Waals surface area contributed by atoms with Crippen LogP contribution in [0.3, 0.4) is 0 Å². The first-order valence-corrected chi connectivity index (χ1v) is 8.34. The number of fused-ring (bicyclic) bond motifs is 1. The summed E-state index contributed by atoms with van der Waals surface area (Å²) in [5.41, 5.74) is 5.99. The van der Waals surface area contributed by atoms with Gasteiger partial charge in [0, 0.05) is 33.8 Å². The van der Waals surface area contributed by atoms with Gasteiger partial charge in [0.15, 0.2) is 12.4 Å². The monoisotopic (exact) mass is 333 g/mol. The molecule has 0 fully saturated rings. The molecule has 0 amide bonds. The summed E-state index contributed by atoms with van der Waals surface area (Å²) in [5.74, 6) is 0. The highest BCUT2D eigenvalue weighted by molar-refractivity contribution is 6.31. The number of nitrogens with zero attached hydrogens (tertiary/aromatic N) is 2. The molecule has 0 aliphatic rings. The molecule has 118 valence electrons. The van der Waals surface area contributed by atoms with Crippen LogP contribution >= 0.6 is 11.6 Å². The van der Waals surface area contributed by atoms with Gasteiger partial charge < -0.3 is 4.57 Å². The molecular weight excluding hydrogens is 316 g/mol. The maximum absolute atomic E-state index is 6.29. The third-order valence-electron chi connectivity index (χ3n) is 4.45. The number of pyridine rings is 1. The van der Waals surface area contributed by atoms with Crippen LogP contribution in [-0.4, -0.2) is 4.57 Å². The number of halogens is 1. The molecule has 0 atom stereocenters. The van der Waals surface area contributed by atoms with Gasteiger partial charge in [-0.05, 0) is 30.7 Å². The Bertz CT molecular complexity index is 1020. The lowest BCUT2D eigenvalue weighted by Crippen LogP contribution is -2.26. The molecule has 2 aromatic heterocycles. The largest absolute Gasteiger partial charge is 0.313 e. The van der Waals surface area contributed by atoms with Crippen LogP contribution in [-0.2, 0) is 7.05 Å². The van der Waals surface area contributed by atoms with Gasteiger partial charge in [-0.3, -0.25) is 0 Å². The van der Waals surface area contributed by atoms with Gasteiger partial charge in [0.2, 0.25) is 0 Å². The minimum Gasteiger partial charge on any atom is -0.313 e. The summed E-state index contributed by atoms with van der Waals surface area (Å²) in [6.07, 6.45) is 4.14. The Labute approximate surface area is 146 Å². The first kappa shape index (κ1) is 15.0. The van der Waals surface area contributed by atoms with Gasteiger partial charge in [-0.1, -0.05) is 41.9 Å². The van der Waals surface area contributed by atoms with Crippen molar-refractivity contribution in [3.05, 3.63) is 83.8 Å². The fourth-order valence-electron chi connectivity index (χ4n) is 3.33. The van der Waals surface area contributed by atoms with Gasteiger partial charge >= 0.3 is 0 Å². The van der Waals surface area contributed by atoms with E-state index in [2.05, 4.69) is 72.4 Å². The first-order valence-electron chi connectivity index (χ1n) is 7.97. The van der Waals surface area contributed by atoms with Crippen LogP contribution in [0.15, 0.2) is 73.1 Å². The fraction of sp³-hybridized carbons (Fsp3) is 0.0952. The highest BCUT2D eigenvalue weighted by Crippen LogP contribution is 2.37. The molecule has 4 rings (SSSR count). The van der Waals surface area contributed by atoms with Crippen molar-refractivity contribution in [1.82, 2.24) is 4.57 Å². The Balaban J connectivity index is 2.08. The fourth-order valence-corrected chi connectivity index (χ4v) is 3.51. The van der Waals surface area contributed by atoms with E-state index in [-0.39, 0.29) is 0 Å². The van der Waals surface area contributed by atoms with Crippen molar-refractivity contribution >= 4 is 22.5 Å². The van der Waals surface area contributed by atoms with Crippen LogP contribution in [0.25, 0.3) is 27.7 Å². The van der Waals surface area contributed by atoms with Crippen LogP contribution in [0.1, 0.15) is 5.69 Å². The smallest absolute Gasteiger partial charge is 0.170 e. The van der Waals surface area contributed by atoms with Crippen molar-refractivity contribution in [2.24, 2.45) is 7.05 Å². The van der Waals surface area contributed by atoms with Gasteiger partial charge in [0.1, 0.15) is 7.05 Å². The normalized spacial score (nSPS) is 11.1. The Morgan fingerprint density at radius 3 is 2.33 bits per heavy atom. The molecule has 2 heterocycles. The molecule has 0 spiro atoms. The summed E-state index contributed by atoms with van der Waals surface area (Å²) in [7, 11) is 2.03.